The van der Waals surface area contributed by atoms with Crippen molar-refractivity contribution in [1.82, 2.24) is 20.5 Å². The Hall–Kier alpha value is -3.22. The van der Waals surface area contributed by atoms with Gasteiger partial charge in [0.05, 0.1) is 11.6 Å². The molecule has 1 aliphatic heterocycles. The molecule has 7 nitrogen and oxygen atoms in total. The summed E-state index contributed by atoms with van der Waals surface area (Å²) in [6, 6.07) is 12.8. The van der Waals surface area contributed by atoms with Gasteiger partial charge in [0.1, 0.15) is 0 Å². The van der Waals surface area contributed by atoms with Crippen LogP contribution in [-0.4, -0.2) is 47.2 Å². The third-order valence-corrected chi connectivity index (χ3v) is 5.21. The summed E-state index contributed by atoms with van der Waals surface area (Å²) in [5.41, 5.74) is 1.53. The Labute approximate surface area is 170 Å². The first-order valence-electron chi connectivity index (χ1n) is 9.87. The zero-order chi connectivity index (χ0) is 20.6. The van der Waals surface area contributed by atoms with Crippen molar-refractivity contribution >= 4 is 17.7 Å². The second kappa shape index (κ2) is 9.82. The number of nitrogens with one attached hydrogen (secondary N) is 2. The summed E-state index contributed by atoms with van der Waals surface area (Å²) in [7, 11) is 0. The molecule has 1 unspecified atom stereocenters. The monoisotopic (exact) mass is 394 g/mol. The Bertz CT molecular complexity index is 834. The molecule has 2 N–H and O–H groups in total. The number of rotatable bonds is 5. The first kappa shape index (κ1) is 20.5. The summed E-state index contributed by atoms with van der Waals surface area (Å²) in [4.78, 5) is 42.5. The predicted octanol–water partition coefficient (Wildman–Crippen LogP) is 1.93. The van der Waals surface area contributed by atoms with Crippen LogP contribution in [0.1, 0.15) is 41.7 Å². The van der Waals surface area contributed by atoms with Crippen molar-refractivity contribution in [2.75, 3.05) is 19.6 Å². The highest BCUT2D eigenvalue weighted by molar-refractivity contribution is 6.35. The van der Waals surface area contributed by atoms with E-state index in [-0.39, 0.29) is 17.9 Å². The van der Waals surface area contributed by atoms with Crippen LogP contribution in [0, 0.1) is 5.92 Å². The molecule has 1 aromatic heterocycles. The summed E-state index contributed by atoms with van der Waals surface area (Å²) in [5, 5.41) is 5.43. The van der Waals surface area contributed by atoms with Crippen LogP contribution < -0.4 is 10.6 Å². The van der Waals surface area contributed by atoms with E-state index < -0.39 is 11.8 Å². The summed E-state index contributed by atoms with van der Waals surface area (Å²) < 4.78 is 0. The molecule has 0 saturated carbocycles. The molecule has 1 aliphatic rings. The molecule has 0 bridgehead atoms. The van der Waals surface area contributed by atoms with Crippen molar-refractivity contribution in [2.45, 2.75) is 25.8 Å². The van der Waals surface area contributed by atoms with E-state index >= 15 is 0 Å². The maximum absolute atomic E-state index is 12.4. The van der Waals surface area contributed by atoms with Crippen LogP contribution >= 0.6 is 0 Å². The summed E-state index contributed by atoms with van der Waals surface area (Å²) in [6.45, 7) is 3.54. The Morgan fingerprint density at radius 3 is 2.45 bits per heavy atom. The zero-order valence-electron chi connectivity index (χ0n) is 16.5. The lowest BCUT2D eigenvalue weighted by Crippen LogP contribution is -2.45. The highest BCUT2D eigenvalue weighted by atomic mass is 16.2. The van der Waals surface area contributed by atoms with E-state index in [0.717, 1.165) is 18.4 Å². The van der Waals surface area contributed by atoms with Gasteiger partial charge in [-0.25, -0.2) is 0 Å². The second-order valence-electron chi connectivity index (χ2n) is 7.29. The fraction of sp³-hybridized carbons (Fsp3) is 0.364. The summed E-state index contributed by atoms with van der Waals surface area (Å²) >= 11 is 0. The third-order valence-electron chi connectivity index (χ3n) is 5.21. The maximum Gasteiger partial charge on any atom is 0.309 e. The number of amides is 3. The van der Waals surface area contributed by atoms with Crippen LogP contribution in [0.25, 0.3) is 0 Å². The Kier molecular flexibility index (Phi) is 6.94. The van der Waals surface area contributed by atoms with E-state index in [1.807, 2.05) is 42.2 Å². The Morgan fingerprint density at radius 1 is 1.07 bits per heavy atom. The van der Waals surface area contributed by atoms with Crippen molar-refractivity contribution in [3.8, 4) is 0 Å². The molecule has 1 saturated heterocycles. The highest BCUT2D eigenvalue weighted by Crippen LogP contribution is 2.18. The Morgan fingerprint density at radius 2 is 1.79 bits per heavy atom. The number of carbonyl (C=O) groups excluding carboxylic acids is 3. The van der Waals surface area contributed by atoms with Crippen LogP contribution in [-0.2, 0) is 9.59 Å². The van der Waals surface area contributed by atoms with E-state index in [0.29, 0.717) is 25.2 Å². The average molecular weight is 394 g/mol. The smallest absolute Gasteiger partial charge is 0.309 e. The minimum Gasteiger partial charge on any atom is -0.348 e. The minimum absolute atomic E-state index is 0.0186. The first-order chi connectivity index (χ1) is 14.0. The van der Waals surface area contributed by atoms with E-state index in [2.05, 4.69) is 15.6 Å². The van der Waals surface area contributed by atoms with Gasteiger partial charge in [0, 0.05) is 32.0 Å². The predicted molar refractivity (Wildman–Crippen MR) is 109 cm³/mol. The van der Waals surface area contributed by atoms with Crippen LogP contribution in [0.3, 0.4) is 0 Å². The van der Waals surface area contributed by atoms with Gasteiger partial charge in [-0.1, -0.05) is 30.3 Å². The Balaban J connectivity index is 1.40. The average Bonchev–Trinajstić information content (AvgIpc) is 2.78. The number of nitrogens with zero attached hydrogens (tertiary/aromatic N) is 2. The summed E-state index contributed by atoms with van der Waals surface area (Å²) in [6.07, 6.45) is 4.79. The first-order valence-corrected chi connectivity index (χ1v) is 9.87. The molecule has 0 radical (unpaired) electrons. The largest absolute Gasteiger partial charge is 0.348 e. The molecule has 1 fully saturated rings. The minimum atomic E-state index is -0.634. The molecule has 7 heteroatoms. The highest BCUT2D eigenvalue weighted by Gasteiger charge is 2.25. The fourth-order valence-electron chi connectivity index (χ4n) is 3.42. The van der Waals surface area contributed by atoms with Gasteiger partial charge in [0.2, 0.25) is 0 Å². The van der Waals surface area contributed by atoms with Crippen molar-refractivity contribution < 1.29 is 14.4 Å². The van der Waals surface area contributed by atoms with Crippen LogP contribution in [0.15, 0.2) is 54.9 Å². The molecule has 2 aromatic rings. The second-order valence-corrected chi connectivity index (χ2v) is 7.29. The topological polar surface area (TPSA) is 91.4 Å². The third kappa shape index (κ3) is 5.63. The number of carbonyl (C=O) groups is 3. The van der Waals surface area contributed by atoms with E-state index in [1.54, 1.807) is 24.5 Å². The van der Waals surface area contributed by atoms with E-state index in [1.165, 1.54) is 0 Å². The van der Waals surface area contributed by atoms with Crippen LogP contribution in [0.4, 0.5) is 0 Å². The molecule has 0 aliphatic carbocycles. The number of hydrogen-bond acceptors (Lipinski definition) is 4. The number of pyridine rings is 1. The maximum atomic E-state index is 12.4. The van der Waals surface area contributed by atoms with Gasteiger partial charge >= 0.3 is 11.8 Å². The van der Waals surface area contributed by atoms with Gasteiger partial charge in [-0.2, -0.15) is 0 Å². The molecular formula is C22H26N4O3. The molecular weight excluding hydrogens is 368 g/mol. The number of hydrogen-bond donors (Lipinski definition) is 2. The SMILES string of the molecule is CC(NC(=O)C(=O)NCC1CCN(C(=O)c2cccnc2)CC1)c1ccccc1. The van der Waals surface area contributed by atoms with Crippen molar-refractivity contribution in [2.24, 2.45) is 5.92 Å². The van der Waals surface area contributed by atoms with Crippen molar-refractivity contribution in [1.29, 1.82) is 0 Å². The standard InChI is InChI=1S/C22H26N4O3/c1-16(18-6-3-2-4-7-18)25-21(28)20(27)24-14-17-9-12-26(13-10-17)22(29)19-8-5-11-23-15-19/h2-8,11,15-17H,9-10,12-14H2,1H3,(H,24,27)(H,25,28). The van der Waals surface area contributed by atoms with E-state index in [9.17, 15) is 14.4 Å². The van der Waals surface area contributed by atoms with Gasteiger partial charge in [0.15, 0.2) is 0 Å². The fourth-order valence-corrected chi connectivity index (χ4v) is 3.42. The number of aromatic nitrogens is 1. The number of benzene rings is 1. The van der Waals surface area contributed by atoms with Crippen LogP contribution in [0.5, 0.6) is 0 Å². The number of likely N-dealkylation sites (tertiary alicyclic amines) is 1. The lowest BCUT2D eigenvalue weighted by molar-refractivity contribution is -0.139. The van der Waals surface area contributed by atoms with Gasteiger partial charge in [-0.3, -0.25) is 19.4 Å². The molecule has 3 rings (SSSR count). The molecule has 1 aromatic carbocycles. The molecule has 29 heavy (non-hydrogen) atoms. The van der Waals surface area contributed by atoms with Gasteiger partial charge in [0.25, 0.3) is 5.91 Å². The quantitative estimate of drug-likeness (QED) is 0.758. The van der Waals surface area contributed by atoms with Crippen molar-refractivity contribution in [3.05, 3.63) is 66.0 Å². The number of piperidine rings is 1. The van der Waals surface area contributed by atoms with E-state index in [4.69, 9.17) is 0 Å². The van der Waals surface area contributed by atoms with Crippen LogP contribution in [0.2, 0.25) is 0 Å². The van der Waals surface area contributed by atoms with Crippen molar-refractivity contribution in [3.63, 3.8) is 0 Å². The lowest BCUT2D eigenvalue weighted by Gasteiger charge is -2.32. The lowest BCUT2D eigenvalue weighted by atomic mass is 9.96. The van der Waals surface area contributed by atoms with Gasteiger partial charge in [-0.15, -0.1) is 0 Å². The molecule has 0 spiro atoms. The van der Waals surface area contributed by atoms with Gasteiger partial charge in [-0.05, 0) is 43.4 Å². The molecule has 3 amide bonds. The summed E-state index contributed by atoms with van der Waals surface area (Å²) in [5.74, 6) is -1.03. The molecule has 152 valence electrons. The normalized spacial score (nSPS) is 15.4. The molecule has 1 atom stereocenters. The van der Waals surface area contributed by atoms with Gasteiger partial charge < -0.3 is 15.5 Å². The zero-order valence-corrected chi connectivity index (χ0v) is 16.5. The molecule has 2 heterocycles.